The van der Waals surface area contributed by atoms with E-state index in [4.69, 9.17) is 4.42 Å². The van der Waals surface area contributed by atoms with Crippen molar-refractivity contribution in [2.45, 2.75) is 26.8 Å². The van der Waals surface area contributed by atoms with Crippen LogP contribution < -0.4 is 5.32 Å². The fourth-order valence-electron chi connectivity index (χ4n) is 1.71. The van der Waals surface area contributed by atoms with Crippen LogP contribution in [0.5, 0.6) is 0 Å². The first-order valence-corrected chi connectivity index (χ1v) is 5.51. The van der Waals surface area contributed by atoms with Crippen molar-refractivity contribution in [3.05, 3.63) is 41.1 Å². The van der Waals surface area contributed by atoms with E-state index in [1.807, 2.05) is 26.0 Å². The van der Waals surface area contributed by atoms with Crippen molar-refractivity contribution in [3.63, 3.8) is 0 Å². The molecule has 0 aliphatic heterocycles. The van der Waals surface area contributed by atoms with Gasteiger partial charge in [0.15, 0.2) is 0 Å². The van der Waals surface area contributed by atoms with E-state index in [0.29, 0.717) is 0 Å². The predicted octanol–water partition coefficient (Wildman–Crippen LogP) is 1.95. The van der Waals surface area contributed by atoms with Gasteiger partial charge in [-0.2, -0.15) is 5.10 Å². The molecule has 0 unspecified atom stereocenters. The number of nitrogens with zero attached hydrogens (tertiary/aromatic N) is 1. The Kier molecular flexibility index (Phi) is 3.41. The van der Waals surface area contributed by atoms with Crippen LogP contribution in [0.3, 0.4) is 0 Å². The minimum Gasteiger partial charge on any atom is -0.469 e. The highest BCUT2D eigenvalue weighted by Crippen LogP contribution is 2.08. The lowest BCUT2D eigenvalue weighted by Gasteiger charge is -2.03. The molecule has 86 valence electrons. The van der Waals surface area contributed by atoms with Crippen molar-refractivity contribution in [3.8, 4) is 0 Å². The van der Waals surface area contributed by atoms with Gasteiger partial charge in [0.25, 0.3) is 0 Å². The molecule has 2 aromatic rings. The zero-order valence-corrected chi connectivity index (χ0v) is 9.71. The van der Waals surface area contributed by atoms with Crippen LogP contribution in [-0.4, -0.2) is 16.7 Å². The minimum atomic E-state index is 0.856. The lowest BCUT2D eigenvalue weighted by Crippen LogP contribution is -2.17. The molecule has 0 aliphatic rings. The molecule has 2 rings (SSSR count). The highest BCUT2D eigenvalue weighted by atomic mass is 16.3. The number of hydrogen-bond acceptors (Lipinski definition) is 3. The van der Waals surface area contributed by atoms with Crippen molar-refractivity contribution < 1.29 is 4.42 Å². The number of H-pyrrole nitrogens is 1. The quantitative estimate of drug-likeness (QED) is 0.756. The van der Waals surface area contributed by atoms with E-state index in [1.54, 1.807) is 6.26 Å². The van der Waals surface area contributed by atoms with Gasteiger partial charge in [-0.1, -0.05) is 0 Å². The second-order valence-corrected chi connectivity index (χ2v) is 3.92. The van der Waals surface area contributed by atoms with Crippen molar-refractivity contribution >= 4 is 0 Å². The molecule has 2 N–H and O–H groups in total. The number of aryl methyl sites for hydroxylation is 2. The third kappa shape index (κ3) is 2.52. The first-order chi connectivity index (χ1) is 7.77. The SMILES string of the molecule is Cc1n[nH]c(C)c1CNCCc1ccco1. The van der Waals surface area contributed by atoms with Crippen LogP contribution in [0.4, 0.5) is 0 Å². The normalized spacial score (nSPS) is 10.9. The second kappa shape index (κ2) is 4.99. The Morgan fingerprint density at radius 2 is 2.31 bits per heavy atom. The number of furan rings is 1. The molecule has 4 heteroatoms. The fraction of sp³-hybridized carbons (Fsp3) is 0.417. The summed E-state index contributed by atoms with van der Waals surface area (Å²) in [6.07, 6.45) is 2.63. The molecule has 2 aromatic heterocycles. The third-order valence-corrected chi connectivity index (χ3v) is 2.71. The Labute approximate surface area is 95.1 Å². The highest BCUT2D eigenvalue weighted by molar-refractivity contribution is 5.22. The summed E-state index contributed by atoms with van der Waals surface area (Å²) in [4.78, 5) is 0. The summed E-state index contributed by atoms with van der Waals surface area (Å²) >= 11 is 0. The van der Waals surface area contributed by atoms with Crippen LogP contribution in [0.2, 0.25) is 0 Å². The summed E-state index contributed by atoms with van der Waals surface area (Å²) in [5.74, 6) is 1.02. The lowest BCUT2D eigenvalue weighted by molar-refractivity contribution is 0.498. The molecule has 16 heavy (non-hydrogen) atoms. The maximum Gasteiger partial charge on any atom is 0.105 e. The van der Waals surface area contributed by atoms with Gasteiger partial charge in [-0.05, 0) is 26.0 Å². The van der Waals surface area contributed by atoms with Crippen LogP contribution in [-0.2, 0) is 13.0 Å². The number of aromatic amines is 1. The van der Waals surface area contributed by atoms with Gasteiger partial charge < -0.3 is 9.73 Å². The molecular weight excluding hydrogens is 202 g/mol. The van der Waals surface area contributed by atoms with Crippen LogP contribution in [0.25, 0.3) is 0 Å². The Bertz CT molecular complexity index is 412. The average Bonchev–Trinajstić information content (AvgIpc) is 2.87. The molecule has 0 aliphatic carbocycles. The van der Waals surface area contributed by atoms with Crippen molar-refractivity contribution in [2.75, 3.05) is 6.54 Å². The topological polar surface area (TPSA) is 53.9 Å². The van der Waals surface area contributed by atoms with Gasteiger partial charge in [-0.25, -0.2) is 0 Å². The van der Waals surface area contributed by atoms with Gasteiger partial charge in [0.1, 0.15) is 5.76 Å². The molecule has 0 amide bonds. The molecule has 0 saturated carbocycles. The smallest absolute Gasteiger partial charge is 0.105 e. The Morgan fingerprint density at radius 1 is 1.44 bits per heavy atom. The second-order valence-electron chi connectivity index (χ2n) is 3.92. The van der Waals surface area contributed by atoms with Crippen LogP contribution in [0.1, 0.15) is 22.7 Å². The summed E-state index contributed by atoms with van der Waals surface area (Å²) in [5, 5.41) is 10.5. The molecule has 0 spiro atoms. The zero-order valence-electron chi connectivity index (χ0n) is 9.71. The molecule has 0 saturated heterocycles. The van der Waals surface area contributed by atoms with E-state index in [0.717, 1.165) is 36.7 Å². The Balaban J connectivity index is 1.76. The molecule has 4 nitrogen and oxygen atoms in total. The summed E-state index contributed by atoms with van der Waals surface area (Å²) in [7, 11) is 0. The average molecular weight is 219 g/mol. The summed E-state index contributed by atoms with van der Waals surface area (Å²) in [6, 6.07) is 3.91. The first-order valence-electron chi connectivity index (χ1n) is 5.51. The van der Waals surface area contributed by atoms with Gasteiger partial charge in [0.2, 0.25) is 0 Å². The highest BCUT2D eigenvalue weighted by Gasteiger charge is 2.05. The monoisotopic (exact) mass is 219 g/mol. The van der Waals surface area contributed by atoms with E-state index in [2.05, 4.69) is 15.5 Å². The predicted molar refractivity (Wildman–Crippen MR) is 62.2 cm³/mol. The number of rotatable bonds is 5. The van der Waals surface area contributed by atoms with E-state index in [9.17, 15) is 0 Å². The molecule has 0 radical (unpaired) electrons. The third-order valence-electron chi connectivity index (χ3n) is 2.71. The van der Waals surface area contributed by atoms with Crippen molar-refractivity contribution in [1.82, 2.24) is 15.5 Å². The van der Waals surface area contributed by atoms with E-state index in [-0.39, 0.29) is 0 Å². The van der Waals surface area contributed by atoms with Gasteiger partial charge in [-0.3, -0.25) is 5.10 Å². The minimum absolute atomic E-state index is 0.856. The van der Waals surface area contributed by atoms with E-state index in [1.165, 1.54) is 5.56 Å². The standard InChI is InChI=1S/C12H17N3O/c1-9-12(10(2)15-14-9)8-13-6-5-11-4-3-7-16-11/h3-4,7,13H,5-6,8H2,1-2H3,(H,14,15). The van der Waals surface area contributed by atoms with Crippen molar-refractivity contribution in [2.24, 2.45) is 0 Å². The molecular formula is C12H17N3O. The fourth-order valence-corrected chi connectivity index (χ4v) is 1.71. The molecule has 0 bridgehead atoms. The van der Waals surface area contributed by atoms with Crippen molar-refractivity contribution in [1.29, 1.82) is 0 Å². The number of aromatic nitrogens is 2. The van der Waals surface area contributed by atoms with Gasteiger partial charge in [0.05, 0.1) is 12.0 Å². The van der Waals surface area contributed by atoms with E-state index >= 15 is 0 Å². The Morgan fingerprint density at radius 3 is 2.94 bits per heavy atom. The first kappa shape index (κ1) is 11.0. The van der Waals surface area contributed by atoms with Gasteiger partial charge in [0, 0.05) is 30.8 Å². The zero-order chi connectivity index (χ0) is 11.4. The summed E-state index contributed by atoms with van der Waals surface area (Å²) in [6.45, 7) is 5.84. The molecule has 0 atom stereocenters. The molecule has 2 heterocycles. The lowest BCUT2D eigenvalue weighted by atomic mass is 10.2. The van der Waals surface area contributed by atoms with Crippen LogP contribution in [0.15, 0.2) is 22.8 Å². The van der Waals surface area contributed by atoms with Crippen LogP contribution >= 0.6 is 0 Å². The molecule has 0 aromatic carbocycles. The summed E-state index contributed by atoms with van der Waals surface area (Å²) in [5.41, 5.74) is 3.48. The largest absolute Gasteiger partial charge is 0.469 e. The number of nitrogens with one attached hydrogen (secondary N) is 2. The number of hydrogen-bond donors (Lipinski definition) is 2. The van der Waals surface area contributed by atoms with Gasteiger partial charge in [-0.15, -0.1) is 0 Å². The Hall–Kier alpha value is -1.55. The van der Waals surface area contributed by atoms with Gasteiger partial charge >= 0.3 is 0 Å². The van der Waals surface area contributed by atoms with E-state index < -0.39 is 0 Å². The summed E-state index contributed by atoms with van der Waals surface area (Å²) < 4.78 is 5.26. The maximum atomic E-state index is 5.26. The van der Waals surface area contributed by atoms with Crippen LogP contribution in [0, 0.1) is 13.8 Å². The molecule has 0 fully saturated rings. The maximum absolute atomic E-state index is 5.26.